The van der Waals surface area contributed by atoms with Crippen LogP contribution in [0.5, 0.6) is 0 Å². The summed E-state index contributed by atoms with van der Waals surface area (Å²) in [6.07, 6.45) is 5.55. The van der Waals surface area contributed by atoms with E-state index in [0.717, 1.165) is 27.8 Å². The summed E-state index contributed by atoms with van der Waals surface area (Å²) in [5.74, 6) is 0.389. The van der Waals surface area contributed by atoms with Crippen LogP contribution in [-0.4, -0.2) is 23.9 Å². The maximum Gasteiger partial charge on any atom is 0.321 e. The number of pyridine rings is 1. The molecular weight excluding hydrogens is 296 g/mol. The van der Waals surface area contributed by atoms with Gasteiger partial charge in [0.15, 0.2) is 0 Å². The van der Waals surface area contributed by atoms with Crippen LogP contribution in [0.1, 0.15) is 11.1 Å². The monoisotopic (exact) mass is 310 g/mol. The number of nitrogens with zero attached hydrogens (tertiary/aromatic N) is 3. The Morgan fingerprint density at radius 2 is 2.14 bits per heavy atom. The van der Waals surface area contributed by atoms with Gasteiger partial charge in [-0.05, 0) is 30.7 Å². The average molecular weight is 310 g/mol. The number of rotatable bonds is 3. The van der Waals surface area contributed by atoms with Gasteiger partial charge in [-0.15, -0.1) is 0 Å². The van der Waals surface area contributed by atoms with Crippen molar-refractivity contribution in [2.45, 2.75) is 17.8 Å². The molecule has 1 atom stereocenters. The lowest BCUT2D eigenvalue weighted by Gasteiger charge is -2.07. The van der Waals surface area contributed by atoms with E-state index < -0.39 is 11.2 Å². The molecule has 0 saturated heterocycles. The van der Waals surface area contributed by atoms with Gasteiger partial charge in [0.1, 0.15) is 11.4 Å². The van der Waals surface area contributed by atoms with Crippen molar-refractivity contribution in [2.75, 3.05) is 0 Å². The summed E-state index contributed by atoms with van der Waals surface area (Å²) in [7, 11) is 0. The first kappa shape index (κ1) is 13.4. The number of para-hydroxylation sites is 1. The van der Waals surface area contributed by atoms with Crippen molar-refractivity contribution in [2.24, 2.45) is 0 Å². The van der Waals surface area contributed by atoms with E-state index in [0.29, 0.717) is 10.9 Å². The van der Waals surface area contributed by atoms with Gasteiger partial charge in [-0.2, -0.15) is 4.98 Å². The van der Waals surface area contributed by atoms with Crippen LogP contribution in [0.15, 0.2) is 54.1 Å². The van der Waals surface area contributed by atoms with Crippen molar-refractivity contribution in [3.8, 4) is 0 Å². The normalized spacial score (nSPS) is 13.0. The summed E-state index contributed by atoms with van der Waals surface area (Å²) in [5, 5.41) is 0.512. The lowest BCUT2D eigenvalue weighted by Crippen LogP contribution is -2.08. The van der Waals surface area contributed by atoms with Crippen molar-refractivity contribution in [3.05, 3.63) is 60.0 Å². The number of aromatic amines is 1. The molecule has 0 saturated carbocycles. The topological polar surface area (TPSA) is 69.0 Å². The van der Waals surface area contributed by atoms with Crippen molar-refractivity contribution in [3.63, 3.8) is 0 Å². The minimum Gasteiger partial charge on any atom is -0.609 e. The highest BCUT2D eigenvalue weighted by Crippen LogP contribution is 2.21. The van der Waals surface area contributed by atoms with Crippen LogP contribution in [0.3, 0.4) is 0 Å². The van der Waals surface area contributed by atoms with Crippen molar-refractivity contribution in [1.82, 2.24) is 19.4 Å². The number of fused-ring (bicyclic) bond motifs is 2. The van der Waals surface area contributed by atoms with Gasteiger partial charge in [0.05, 0.1) is 11.0 Å². The van der Waals surface area contributed by atoms with Gasteiger partial charge >= 0.3 is 5.16 Å². The van der Waals surface area contributed by atoms with Crippen molar-refractivity contribution in [1.29, 1.82) is 0 Å². The van der Waals surface area contributed by atoms with E-state index in [4.69, 9.17) is 0 Å². The summed E-state index contributed by atoms with van der Waals surface area (Å²) in [4.78, 5) is 12.0. The minimum absolute atomic E-state index is 0.389. The van der Waals surface area contributed by atoms with Crippen LogP contribution in [0.4, 0.5) is 0 Å². The Kier molecular flexibility index (Phi) is 3.13. The Hall–Kier alpha value is -2.31. The van der Waals surface area contributed by atoms with Gasteiger partial charge < -0.3 is 8.95 Å². The molecule has 1 N–H and O–H groups in total. The fraction of sp³-hybridized carbons (Fsp3) is 0.125. The Labute approximate surface area is 130 Å². The number of imidazole rings is 2. The largest absolute Gasteiger partial charge is 0.609 e. The molecule has 4 aromatic rings. The molecule has 0 radical (unpaired) electrons. The van der Waals surface area contributed by atoms with Crippen LogP contribution in [-0.2, 0) is 16.9 Å². The zero-order valence-electron chi connectivity index (χ0n) is 12.0. The predicted molar refractivity (Wildman–Crippen MR) is 86.1 cm³/mol. The molecule has 22 heavy (non-hydrogen) atoms. The fourth-order valence-electron chi connectivity index (χ4n) is 2.59. The first-order valence-corrected chi connectivity index (χ1v) is 8.28. The van der Waals surface area contributed by atoms with Gasteiger partial charge in [-0.1, -0.05) is 12.1 Å². The highest BCUT2D eigenvalue weighted by atomic mass is 32.2. The lowest BCUT2D eigenvalue weighted by molar-refractivity contribution is 0.587. The third-order valence-electron chi connectivity index (χ3n) is 3.69. The third kappa shape index (κ3) is 2.17. The Morgan fingerprint density at radius 1 is 1.23 bits per heavy atom. The molecule has 110 valence electrons. The molecule has 3 heterocycles. The van der Waals surface area contributed by atoms with Crippen molar-refractivity contribution < 1.29 is 4.55 Å². The molecule has 0 bridgehead atoms. The summed E-state index contributed by atoms with van der Waals surface area (Å²) >= 11 is -1.24. The Balaban J connectivity index is 1.70. The molecule has 4 rings (SSSR count). The summed E-state index contributed by atoms with van der Waals surface area (Å²) in [6, 6.07) is 9.80. The summed E-state index contributed by atoms with van der Waals surface area (Å²) in [5.41, 5.74) is 4.66. The van der Waals surface area contributed by atoms with Crippen LogP contribution >= 0.6 is 0 Å². The zero-order valence-corrected chi connectivity index (χ0v) is 12.8. The number of benzene rings is 1. The van der Waals surface area contributed by atoms with E-state index in [2.05, 4.69) is 15.0 Å². The second kappa shape index (κ2) is 5.15. The van der Waals surface area contributed by atoms with Gasteiger partial charge in [-0.25, -0.2) is 4.98 Å². The fourth-order valence-corrected chi connectivity index (χ4v) is 3.65. The molecular formula is C16H14N4OS. The number of nitrogens with one attached hydrogen (secondary N) is 1. The minimum atomic E-state index is -1.24. The molecule has 0 aliphatic heterocycles. The molecule has 3 aromatic heterocycles. The highest BCUT2D eigenvalue weighted by Gasteiger charge is 2.19. The van der Waals surface area contributed by atoms with Gasteiger partial charge in [0, 0.05) is 35.3 Å². The van der Waals surface area contributed by atoms with Crippen LogP contribution in [0.2, 0.25) is 0 Å². The van der Waals surface area contributed by atoms with Gasteiger partial charge in [-0.3, -0.25) is 4.98 Å². The van der Waals surface area contributed by atoms with E-state index in [1.807, 2.05) is 54.0 Å². The Morgan fingerprint density at radius 3 is 3.00 bits per heavy atom. The maximum absolute atomic E-state index is 12.6. The third-order valence-corrected chi connectivity index (χ3v) is 4.89. The molecule has 0 aliphatic rings. The SMILES string of the molecule is Cc1cccc2[nH]c([S+]([O-])Cc3cccn4ccnc34)nc12. The van der Waals surface area contributed by atoms with Crippen LogP contribution in [0, 0.1) is 6.92 Å². The van der Waals surface area contributed by atoms with E-state index in [9.17, 15) is 4.55 Å². The molecule has 1 unspecified atom stereocenters. The van der Waals surface area contributed by atoms with E-state index >= 15 is 0 Å². The number of aromatic nitrogens is 4. The van der Waals surface area contributed by atoms with Crippen molar-refractivity contribution >= 4 is 27.9 Å². The molecule has 0 fully saturated rings. The predicted octanol–water partition coefficient (Wildman–Crippen LogP) is 2.83. The first-order valence-electron chi connectivity index (χ1n) is 6.96. The van der Waals surface area contributed by atoms with E-state index in [1.165, 1.54) is 0 Å². The number of hydrogen-bond acceptors (Lipinski definition) is 3. The second-order valence-corrected chi connectivity index (χ2v) is 6.56. The smallest absolute Gasteiger partial charge is 0.321 e. The Bertz CT molecular complexity index is 959. The first-order chi connectivity index (χ1) is 10.7. The summed E-state index contributed by atoms with van der Waals surface area (Å²) < 4.78 is 14.6. The van der Waals surface area contributed by atoms with E-state index in [1.54, 1.807) is 6.20 Å². The van der Waals surface area contributed by atoms with E-state index in [-0.39, 0.29) is 0 Å². The molecule has 0 aliphatic carbocycles. The number of hydrogen-bond donors (Lipinski definition) is 1. The zero-order chi connectivity index (χ0) is 15.1. The standard InChI is InChI=1S/C16H14N4OS/c1-11-4-2-6-13-14(11)19-16(18-13)22(21)10-12-5-3-8-20-9-7-17-15(12)20/h2-9H,10H2,1H3,(H,18,19). The quantitative estimate of drug-likeness (QED) is 0.592. The number of H-pyrrole nitrogens is 1. The van der Waals surface area contributed by atoms with Crippen LogP contribution in [0.25, 0.3) is 16.7 Å². The number of aryl methyl sites for hydroxylation is 1. The molecule has 5 nitrogen and oxygen atoms in total. The van der Waals surface area contributed by atoms with Gasteiger partial charge in [0.2, 0.25) is 0 Å². The average Bonchev–Trinajstić information content (AvgIpc) is 3.14. The second-order valence-electron chi connectivity index (χ2n) is 5.19. The highest BCUT2D eigenvalue weighted by molar-refractivity contribution is 7.90. The molecule has 0 amide bonds. The van der Waals surface area contributed by atoms with Crippen LogP contribution < -0.4 is 0 Å². The maximum atomic E-state index is 12.6. The molecule has 1 aromatic carbocycles. The lowest BCUT2D eigenvalue weighted by atomic mass is 10.2. The summed E-state index contributed by atoms with van der Waals surface area (Å²) in [6.45, 7) is 2.00. The molecule has 0 spiro atoms. The van der Waals surface area contributed by atoms with Gasteiger partial charge in [0.25, 0.3) is 0 Å². The molecule has 6 heteroatoms.